The van der Waals surface area contributed by atoms with E-state index in [9.17, 15) is 4.79 Å². The van der Waals surface area contributed by atoms with Crippen LogP contribution in [0.15, 0.2) is 35.7 Å². The van der Waals surface area contributed by atoms with E-state index >= 15 is 0 Å². The van der Waals surface area contributed by atoms with E-state index in [2.05, 4.69) is 41.0 Å². The molecule has 0 radical (unpaired) electrons. The molecule has 21 heavy (non-hydrogen) atoms. The van der Waals surface area contributed by atoms with Crippen LogP contribution in [0.5, 0.6) is 0 Å². The molecule has 0 spiro atoms. The number of carbonyl (C=O) groups excluding carboxylic acids is 1. The maximum atomic E-state index is 12.8. The molecule has 1 aromatic carbocycles. The van der Waals surface area contributed by atoms with E-state index in [0.29, 0.717) is 0 Å². The van der Waals surface area contributed by atoms with E-state index in [4.69, 9.17) is 0 Å². The molecule has 4 heteroatoms. The van der Waals surface area contributed by atoms with Crippen molar-refractivity contribution in [1.29, 1.82) is 0 Å². The Balaban J connectivity index is 1.49. The minimum absolute atomic E-state index is 0.0694. The van der Waals surface area contributed by atoms with Gasteiger partial charge in [-0.3, -0.25) is 4.79 Å². The molecule has 0 saturated heterocycles. The Morgan fingerprint density at radius 1 is 1.19 bits per heavy atom. The number of amides is 1. The first-order chi connectivity index (χ1) is 10.3. The van der Waals surface area contributed by atoms with E-state index in [1.807, 2.05) is 16.2 Å². The minimum atomic E-state index is -0.0694. The van der Waals surface area contributed by atoms with Gasteiger partial charge in [0, 0.05) is 24.5 Å². The maximum Gasteiger partial charge on any atom is 0.240 e. The molecular weight excluding hydrogens is 280 g/mol. The van der Waals surface area contributed by atoms with Crippen LogP contribution in [0.1, 0.15) is 21.6 Å². The Bertz CT molecular complexity index is 679. The lowest BCUT2D eigenvalue weighted by molar-refractivity contribution is -0.134. The third-order valence-corrected chi connectivity index (χ3v) is 5.52. The van der Waals surface area contributed by atoms with Gasteiger partial charge in [0.1, 0.15) is 0 Å². The summed E-state index contributed by atoms with van der Waals surface area (Å²) in [7, 11) is 0. The molecule has 1 unspecified atom stereocenters. The smallest absolute Gasteiger partial charge is 0.240 e. The third-order valence-electron chi connectivity index (χ3n) is 4.50. The number of thiophene rings is 1. The van der Waals surface area contributed by atoms with Gasteiger partial charge in [0.05, 0.1) is 6.04 Å². The van der Waals surface area contributed by atoms with Crippen molar-refractivity contribution >= 4 is 17.2 Å². The van der Waals surface area contributed by atoms with Crippen LogP contribution in [0.2, 0.25) is 0 Å². The molecule has 0 saturated carbocycles. The zero-order chi connectivity index (χ0) is 14.2. The maximum absolute atomic E-state index is 12.8. The Kier molecular flexibility index (Phi) is 3.28. The molecular formula is C17H18N2OS. The SMILES string of the molecule is O=C(C1Cc2ccccc2CN1)N1CCc2sccc2C1. The van der Waals surface area contributed by atoms with Gasteiger partial charge in [-0.2, -0.15) is 0 Å². The summed E-state index contributed by atoms with van der Waals surface area (Å²) in [5.74, 6) is 0.251. The van der Waals surface area contributed by atoms with Crippen LogP contribution in [0.4, 0.5) is 0 Å². The Morgan fingerprint density at radius 3 is 2.95 bits per heavy atom. The zero-order valence-corrected chi connectivity index (χ0v) is 12.7. The number of nitrogens with one attached hydrogen (secondary N) is 1. The molecule has 2 aromatic rings. The number of nitrogens with zero attached hydrogens (tertiary/aromatic N) is 1. The van der Waals surface area contributed by atoms with Crippen molar-refractivity contribution < 1.29 is 4.79 Å². The van der Waals surface area contributed by atoms with Crippen LogP contribution < -0.4 is 5.32 Å². The summed E-state index contributed by atoms with van der Waals surface area (Å²) in [6, 6.07) is 10.5. The molecule has 0 fully saturated rings. The van der Waals surface area contributed by atoms with E-state index in [-0.39, 0.29) is 11.9 Å². The average molecular weight is 298 g/mol. The number of benzene rings is 1. The molecule has 3 nitrogen and oxygen atoms in total. The van der Waals surface area contributed by atoms with Crippen molar-refractivity contribution in [2.45, 2.75) is 32.0 Å². The summed E-state index contributed by atoms with van der Waals surface area (Å²) in [6.45, 7) is 2.42. The van der Waals surface area contributed by atoms with Crippen LogP contribution in [0.3, 0.4) is 0 Å². The monoisotopic (exact) mass is 298 g/mol. The molecule has 4 rings (SSSR count). The van der Waals surface area contributed by atoms with Crippen molar-refractivity contribution in [1.82, 2.24) is 10.2 Å². The van der Waals surface area contributed by atoms with Gasteiger partial charge in [-0.1, -0.05) is 24.3 Å². The van der Waals surface area contributed by atoms with Crippen LogP contribution in [-0.4, -0.2) is 23.4 Å². The quantitative estimate of drug-likeness (QED) is 0.876. The first-order valence-electron chi connectivity index (χ1n) is 7.45. The van der Waals surface area contributed by atoms with Crippen molar-refractivity contribution in [3.63, 3.8) is 0 Å². The van der Waals surface area contributed by atoms with E-state index in [0.717, 1.165) is 32.5 Å². The molecule has 2 aliphatic rings. The second kappa shape index (κ2) is 5.28. The summed E-state index contributed by atoms with van der Waals surface area (Å²) in [4.78, 5) is 16.2. The van der Waals surface area contributed by atoms with Crippen LogP contribution >= 0.6 is 11.3 Å². The topological polar surface area (TPSA) is 32.3 Å². The molecule has 2 aliphatic heterocycles. The van der Waals surface area contributed by atoms with E-state index in [1.54, 1.807) is 0 Å². The van der Waals surface area contributed by atoms with E-state index in [1.165, 1.54) is 21.6 Å². The minimum Gasteiger partial charge on any atom is -0.337 e. The number of fused-ring (bicyclic) bond motifs is 2. The largest absolute Gasteiger partial charge is 0.337 e. The second-order valence-corrected chi connectivity index (χ2v) is 6.79. The fourth-order valence-electron chi connectivity index (χ4n) is 3.29. The molecule has 1 amide bonds. The van der Waals surface area contributed by atoms with Gasteiger partial charge in [-0.05, 0) is 41.0 Å². The van der Waals surface area contributed by atoms with Crippen molar-refractivity contribution in [2.75, 3.05) is 6.54 Å². The lowest BCUT2D eigenvalue weighted by atomic mass is 9.94. The number of hydrogen-bond acceptors (Lipinski definition) is 3. The lowest BCUT2D eigenvalue weighted by Gasteiger charge is -2.33. The van der Waals surface area contributed by atoms with Gasteiger partial charge in [-0.25, -0.2) is 0 Å². The fraction of sp³-hybridized carbons (Fsp3) is 0.353. The highest BCUT2D eigenvalue weighted by Crippen LogP contribution is 2.25. The van der Waals surface area contributed by atoms with Gasteiger partial charge in [0.2, 0.25) is 5.91 Å². The molecule has 0 bridgehead atoms. The normalized spacial score (nSPS) is 20.8. The highest BCUT2D eigenvalue weighted by Gasteiger charge is 2.30. The predicted octanol–water partition coefficient (Wildman–Crippen LogP) is 2.35. The average Bonchev–Trinajstić information content (AvgIpc) is 3.01. The summed E-state index contributed by atoms with van der Waals surface area (Å²) >= 11 is 1.81. The number of hydrogen-bond donors (Lipinski definition) is 1. The van der Waals surface area contributed by atoms with Gasteiger partial charge >= 0.3 is 0 Å². The Morgan fingerprint density at radius 2 is 2.05 bits per heavy atom. The third kappa shape index (κ3) is 2.39. The molecule has 108 valence electrons. The van der Waals surface area contributed by atoms with Crippen LogP contribution in [-0.2, 0) is 30.7 Å². The van der Waals surface area contributed by atoms with Crippen molar-refractivity contribution in [3.05, 3.63) is 57.3 Å². The highest BCUT2D eigenvalue weighted by atomic mass is 32.1. The van der Waals surface area contributed by atoms with Crippen LogP contribution in [0, 0.1) is 0 Å². The van der Waals surface area contributed by atoms with Crippen LogP contribution in [0.25, 0.3) is 0 Å². The second-order valence-electron chi connectivity index (χ2n) is 5.79. The molecule has 3 heterocycles. The Hall–Kier alpha value is -1.65. The number of rotatable bonds is 1. The molecule has 0 aliphatic carbocycles. The lowest BCUT2D eigenvalue weighted by Crippen LogP contribution is -2.50. The molecule has 1 atom stereocenters. The first-order valence-corrected chi connectivity index (χ1v) is 8.33. The highest BCUT2D eigenvalue weighted by molar-refractivity contribution is 7.10. The Labute approximate surface area is 128 Å². The van der Waals surface area contributed by atoms with Gasteiger partial charge in [-0.15, -0.1) is 11.3 Å². The summed E-state index contributed by atoms with van der Waals surface area (Å²) in [5, 5.41) is 5.53. The first kappa shape index (κ1) is 13.0. The summed E-state index contributed by atoms with van der Waals surface area (Å²) in [5.41, 5.74) is 3.96. The zero-order valence-electron chi connectivity index (χ0n) is 11.8. The van der Waals surface area contributed by atoms with Gasteiger partial charge in [0.25, 0.3) is 0 Å². The van der Waals surface area contributed by atoms with Gasteiger partial charge < -0.3 is 10.2 Å². The standard InChI is InChI=1S/C17H18N2OS/c20-17(19-7-5-16-14(11-19)6-8-21-16)15-9-12-3-1-2-4-13(12)10-18-15/h1-4,6,8,15,18H,5,7,9-11H2. The van der Waals surface area contributed by atoms with Gasteiger partial charge in [0.15, 0.2) is 0 Å². The summed E-state index contributed by atoms with van der Waals surface area (Å²) < 4.78 is 0. The van der Waals surface area contributed by atoms with Crippen molar-refractivity contribution in [2.24, 2.45) is 0 Å². The molecule has 1 aromatic heterocycles. The molecule has 1 N–H and O–H groups in total. The predicted molar refractivity (Wildman–Crippen MR) is 84.2 cm³/mol. The van der Waals surface area contributed by atoms with Crippen molar-refractivity contribution in [3.8, 4) is 0 Å². The summed E-state index contributed by atoms with van der Waals surface area (Å²) in [6.07, 6.45) is 1.81. The van der Waals surface area contributed by atoms with E-state index < -0.39 is 0 Å². The fourth-order valence-corrected chi connectivity index (χ4v) is 4.18. The number of carbonyl (C=O) groups is 1.